The highest BCUT2D eigenvalue weighted by molar-refractivity contribution is 7.89. The first-order chi connectivity index (χ1) is 13.6. The van der Waals surface area contributed by atoms with Crippen LogP contribution in [-0.4, -0.2) is 45.9 Å². The van der Waals surface area contributed by atoms with Crippen LogP contribution in [0.15, 0.2) is 23.1 Å². The number of amides is 1. The molecule has 1 aromatic rings. The van der Waals surface area contributed by atoms with Crippen molar-refractivity contribution < 1.29 is 17.9 Å². The van der Waals surface area contributed by atoms with Gasteiger partial charge in [0.25, 0.3) is 5.91 Å². The van der Waals surface area contributed by atoms with E-state index in [1.807, 2.05) is 0 Å². The van der Waals surface area contributed by atoms with E-state index in [2.05, 4.69) is 12.2 Å². The van der Waals surface area contributed by atoms with Gasteiger partial charge in [0.1, 0.15) is 10.6 Å². The third kappa shape index (κ3) is 3.56. The molecule has 0 unspecified atom stereocenters. The predicted octanol–water partition coefficient (Wildman–Crippen LogP) is 3.28. The van der Waals surface area contributed by atoms with Crippen LogP contribution in [0.4, 0.5) is 0 Å². The number of rotatable bonds is 6. The Bertz CT molecular complexity index is 874. The van der Waals surface area contributed by atoms with Crippen molar-refractivity contribution in [2.24, 2.45) is 23.2 Å². The molecule has 1 aromatic carbocycles. The zero-order chi connectivity index (χ0) is 21.0. The quantitative estimate of drug-likeness (QED) is 0.766. The molecule has 0 radical (unpaired) electrons. The van der Waals surface area contributed by atoms with Crippen molar-refractivity contribution in [2.45, 2.75) is 56.4 Å². The minimum atomic E-state index is -3.71. The summed E-state index contributed by atoms with van der Waals surface area (Å²) in [4.78, 5) is 13.1. The molecular formula is C22H32N2O4S. The zero-order valence-electron chi connectivity index (χ0n) is 17.8. The SMILES string of the molecule is COc1ccc(C(=O)N[C@H](C)C23CC4CC(CC(C4)C2)C3)cc1S(=O)(=O)N(C)C. The number of nitrogens with one attached hydrogen (secondary N) is 1. The Kier molecular flexibility index (Phi) is 5.18. The van der Waals surface area contributed by atoms with E-state index in [4.69, 9.17) is 4.74 Å². The largest absolute Gasteiger partial charge is 0.495 e. The molecule has 6 nitrogen and oxygen atoms in total. The molecule has 0 aromatic heterocycles. The molecule has 4 fully saturated rings. The molecule has 4 aliphatic rings. The van der Waals surface area contributed by atoms with Crippen LogP contribution < -0.4 is 10.1 Å². The standard InChI is InChI=1S/C22H32N2O4S/c1-14(22-11-15-7-16(12-22)9-17(8-15)13-22)23-21(25)18-5-6-19(28-4)20(10-18)29(26,27)24(2)3/h5-6,10,14-17H,7-9,11-13H2,1-4H3,(H,23,25)/t14-,15?,16?,17?,22?/m1/s1. The smallest absolute Gasteiger partial charge is 0.251 e. The normalized spacial score (nSPS) is 31.7. The van der Waals surface area contributed by atoms with E-state index in [1.165, 1.54) is 65.8 Å². The van der Waals surface area contributed by atoms with Crippen LogP contribution in [0.3, 0.4) is 0 Å². The summed E-state index contributed by atoms with van der Waals surface area (Å²) in [5, 5.41) is 3.21. The molecule has 1 atom stereocenters. The van der Waals surface area contributed by atoms with Crippen molar-refractivity contribution in [3.8, 4) is 5.75 Å². The molecule has 0 spiro atoms. The maximum absolute atomic E-state index is 13.0. The van der Waals surface area contributed by atoms with Crippen molar-refractivity contribution >= 4 is 15.9 Å². The molecule has 0 aliphatic heterocycles. The van der Waals surface area contributed by atoms with Crippen LogP contribution in [0, 0.1) is 23.2 Å². The van der Waals surface area contributed by atoms with Gasteiger partial charge in [-0.3, -0.25) is 4.79 Å². The van der Waals surface area contributed by atoms with Gasteiger partial charge in [-0.1, -0.05) is 0 Å². The van der Waals surface area contributed by atoms with Crippen molar-refractivity contribution in [2.75, 3.05) is 21.2 Å². The molecule has 5 rings (SSSR count). The summed E-state index contributed by atoms with van der Waals surface area (Å²) in [7, 11) is 0.655. The molecule has 1 N–H and O–H groups in total. The first-order valence-electron chi connectivity index (χ1n) is 10.6. The molecule has 160 valence electrons. The van der Waals surface area contributed by atoms with Gasteiger partial charge >= 0.3 is 0 Å². The van der Waals surface area contributed by atoms with Crippen LogP contribution in [0.5, 0.6) is 5.75 Å². The fourth-order valence-corrected chi connectivity index (χ4v) is 7.43. The van der Waals surface area contributed by atoms with Crippen molar-refractivity contribution in [3.63, 3.8) is 0 Å². The van der Waals surface area contributed by atoms with E-state index in [1.54, 1.807) is 12.1 Å². The first-order valence-corrected chi connectivity index (χ1v) is 12.0. The number of hydrogen-bond donors (Lipinski definition) is 1. The van der Waals surface area contributed by atoms with Gasteiger partial charge in [0.05, 0.1) is 7.11 Å². The fourth-order valence-electron chi connectivity index (χ4n) is 6.36. The summed E-state index contributed by atoms with van der Waals surface area (Å²) < 4.78 is 31.7. The van der Waals surface area contributed by atoms with Gasteiger partial charge in [-0.25, -0.2) is 12.7 Å². The molecule has 7 heteroatoms. The lowest BCUT2D eigenvalue weighted by atomic mass is 9.48. The average molecular weight is 421 g/mol. The minimum absolute atomic E-state index is 0.0140. The highest BCUT2D eigenvalue weighted by Crippen LogP contribution is 2.61. The second kappa shape index (κ2) is 7.27. The van der Waals surface area contributed by atoms with Crippen LogP contribution in [0.2, 0.25) is 0 Å². The summed E-state index contributed by atoms with van der Waals surface area (Å²) in [6.45, 7) is 2.13. The van der Waals surface area contributed by atoms with Gasteiger partial charge in [-0.2, -0.15) is 0 Å². The summed E-state index contributed by atoms with van der Waals surface area (Å²) in [6.07, 6.45) is 7.73. The maximum atomic E-state index is 13.0. The van der Waals surface area contributed by atoms with E-state index in [9.17, 15) is 13.2 Å². The number of nitrogens with zero attached hydrogens (tertiary/aromatic N) is 1. The predicted molar refractivity (Wildman–Crippen MR) is 111 cm³/mol. The number of ether oxygens (including phenoxy) is 1. The third-order valence-corrected chi connectivity index (χ3v) is 9.37. The van der Waals surface area contributed by atoms with Gasteiger partial charge in [0, 0.05) is 25.7 Å². The summed E-state index contributed by atoms with van der Waals surface area (Å²) in [5.74, 6) is 2.48. The maximum Gasteiger partial charge on any atom is 0.251 e. The lowest BCUT2D eigenvalue weighted by Gasteiger charge is -2.59. The van der Waals surface area contributed by atoms with E-state index in [0.717, 1.165) is 22.1 Å². The molecule has 4 saturated carbocycles. The molecule has 4 bridgehead atoms. The van der Waals surface area contributed by atoms with Crippen molar-refractivity contribution in [1.82, 2.24) is 9.62 Å². The summed E-state index contributed by atoms with van der Waals surface area (Å²) in [5.41, 5.74) is 0.554. The van der Waals surface area contributed by atoms with Crippen molar-refractivity contribution in [1.29, 1.82) is 0 Å². The average Bonchev–Trinajstić information content (AvgIpc) is 2.66. The van der Waals surface area contributed by atoms with Crippen LogP contribution in [0.25, 0.3) is 0 Å². The Morgan fingerprint density at radius 3 is 2.17 bits per heavy atom. The van der Waals surface area contributed by atoms with Gasteiger partial charge < -0.3 is 10.1 Å². The van der Waals surface area contributed by atoms with Gasteiger partial charge in [-0.05, 0) is 86.8 Å². The number of methoxy groups -OCH3 is 1. The third-order valence-electron chi connectivity index (χ3n) is 7.54. The van der Waals surface area contributed by atoms with E-state index in [-0.39, 0.29) is 28.0 Å². The number of carbonyl (C=O) groups excluding carboxylic acids is 1. The van der Waals surface area contributed by atoms with Gasteiger partial charge in [0.15, 0.2) is 0 Å². The molecular weight excluding hydrogens is 388 g/mol. The number of benzene rings is 1. The van der Waals surface area contributed by atoms with Crippen molar-refractivity contribution in [3.05, 3.63) is 23.8 Å². The molecule has 4 aliphatic carbocycles. The summed E-state index contributed by atoms with van der Waals surface area (Å²) in [6, 6.07) is 4.70. The highest BCUT2D eigenvalue weighted by Gasteiger charge is 2.53. The van der Waals surface area contributed by atoms with E-state index in [0.29, 0.717) is 5.56 Å². The van der Waals surface area contributed by atoms with Gasteiger partial charge in [-0.15, -0.1) is 0 Å². The molecule has 0 heterocycles. The topological polar surface area (TPSA) is 75.7 Å². The lowest BCUT2D eigenvalue weighted by molar-refractivity contribution is -0.0688. The van der Waals surface area contributed by atoms with Crippen LogP contribution in [-0.2, 0) is 10.0 Å². The minimum Gasteiger partial charge on any atom is -0.495 e. The Morgan fingerprint density at radius 2 is 1.69 bits per heavy atom. The van der Waals surface area contributed by atoms with Crippen LogP contribution >= 0.6 is 0 Å². The zero-order valence-corrected chi connectivity index (χ0v) is 18.6. The Morgan fingerprint density at radius 1 is 1.14 bits per heavy atom. The molecule has 29 heavy (non-hydrogen) atoms. The van der Waals surface area contributed by atoms with E-state index < -0.39 is 10.0 Å². The molecule has 0 saturated heterocycles. The Labute approximate surface area is 174 Å². The second-order valence-corrected chi connectivity index (χ2v) is 11.7. The molecule has 1 amide bonds. The Hall–Kier alpha value is -1.60. The number of carbonyl (C=O) groups is 1. The first kappa shape index (κ1) is 20.7. The second-order valence-electron chi connectivity index (χ2n) is 9.63. The number of hydrogen-bond acceptors (Lipinski definition) is 4. The Balaban J connectivity index is 1.56. The van der Waals surface area contributed by atoms with Crippen LogP contribution in [0.1, 0.15) is 55.8 Å². The lowest BCUT2D eigenvalue weighted by Crippen LogP contribution is -2.55. The van der Waals surface area contributed by atoms with Gasteiger partial charge in [0.2, 0.25) is 10.0 Å². The van der Waals surface area contributed by atoms with E-state index >= 15 is 0 Å². The summed E-state index contributed by atoms with van der Waals surface area (Å²) >= 11 is 0. The monoisotopic (exact) mass is 420 g/mol. The fraction of sp³-hybridized carbons (Fsp3) is 0.682. The highest BCUT2D eigenvalue weighted by atomic mass is 32.2. The number of sulfonamides is 1.